The second-order valence-corrected chi connectivity index (χ2v) is 25.9. The molecule has 1 unspecified atom stereocenters. The summed E-state index contributed by atoms with van der Waals surface area (Å²) >= 11 is 0. The second kappa shape index (κ2) is 71.6. The number of rotatable bonds is 71. The number of hydrogen-bond donors (Lipinski definition) is 0. The van der Waals surface area contributed by atoms with Crippen LogP contribution in [0, 0.1) is 0 Å². The first-order chi connectivity index (χ1) is 40.5. The van der Waals surface area contributed by atoms with E-state index in [1.54, 1.807) is 0 Å². The predicted octanol–water partition coefficient (Wildman–Crippen LogP) is 26.0. The van der Waals surface area contributed by atoms with Crippen LogP contribution in [0.15, 0.2) is 12.2 Å². The maximum atomic E-state index is 13.0. The van der Waals surface area contributed by atoms with Crippen molar-refractivity contribution in [3.63, 3.8) is 0 Å². The largest absolute Gasteiger partial charge is 0.462 e. The molecule has 0 saturated carbocycles. The van der Waals surface area contributed by atoms with E-state index in [0.717, 1.165) is 57.8 Å². The number of unbranched alkanes of at least 4 members (excludes halogenated alkanes) is 58. The molecule has 0 aliphatic carbocycles. The summed E-state index contributed by atoms with van der Waals surface area (Å²) in [7, 11) is 0. The van der Waals surface area contributed by atoms with E-state index in [2.05, 4.69) is 32.9 Å². The van der Waals surface area contributed by atoms with Crippen molar-refractivity contribution < 1.29 is 28.6 Å². The lowest BCUT2D eigenvalue weighted by Gasteiger charge is -2.18. The van der Waals surface area contributed by atoms with Gasteiger partial charge in [-0.25, -0.2) is 0 Å². The summed E-state index contributed by atoms with van der Waals surface area (Å²) in [5.41, 5.74) is 0. The summed E-state index contributed by atoms with van der Waals surface area (Å²) < 4.78 is 17.0. The molecule has 1 atom stereocenters. The fourth-order valence-corrected chi connectivity index (χ4v) is 11.9. The Morgan fingerprint density at radius 2 is 0.402 bits per heavy atom. The lowest BCUT2D eigenvalue weighted by molar-refractivity contribution is -0.167. The first-order valence-corrected chi connectivity index (χ1v) is 37.7. The van der Waals surface area contributed by atoms with Crippen LogP contribution in [0.2, 0.25) is 0 Å². The summed E-state index contributed by atoms with van der Waals surface area (Å²) in [6, 6.07) is 0. The predicted molar refractivity (Wildman–Crippen MR) is 358 cm³/mol. The fraction of sp³-hybridized carbons (Fsp3) is 0.934. The molecule has 0 aromatic carbocycles. The second-order valence-electron chi connectivity index (χ2n) is 25.9. The number of carbonyl (C=O) groups is 3. The van der Waals surface area contributed by atoms with E-state index < -0.39 is 6.10 Å². The molecule has 0 rings (SSSR count). The van der Waals surface area contributed by atoms with Crippen LogP contribution >= 0.6 is 0 Å². The molecule has 0 aliphatic rings. The SMILES string of the molecule is CCCCCCCCCC/C=C\CCCCCCCCCCCCCCCCCC(=O)OCC(COC(=O)CCCCCCCCCCCCCCC)OC(=O)CCCCCCCCCCCCCCCCCCCCCCCCCC. The Morgan fingerprint density at radius 1 is 0.232 bits per heavy atom. The minimum Gasteiger partial charge on any atom is -0.462 e. The first kappa shape index (κ1) is 80.2. The third-order valence-corrected chi connectivity index (χ3v) is 17.5. The van der Waals surface area contributed by atoms with Crippen LogP contribution in [-0.2, 0) is 28.6 Å². The van der Waals surface area contributed by atoms with Gasteiger partial charge in [-0.1, -0.05) is 386 Å². The molecule has 0 amide bonds. The Hall–Kier alpha value is -1.85. The van der Waals surface area contributed by atoms with Gasteiger partial charge in [0.15, 0.2) is 6.10 Å². The van der Waals surface area contributed by atoms with Gasteiger partial charge < -0.3 is 14.2 Å². The molecule has 0 saturated heterocycles. The van der Waals surface area contributed by atoms with Crippen LogP contribution in [0.4, 0.5) is 0 Å². The smallest absolute Gasteiger partial charge is 0.306 e. The molecule has 0 heterocycles. The van der Waals surface area contributed by atoms with Gasteiger partial charge in [-0.05, 0) is 44.9 Å². The number of hydrogen-bond acceptors (Lipinski definition) is 6. The summed E-state index contributed by atoms with van der Waals surface area (Å²) in [5.74, 6) is -0.822. The van der Waals surface area contributed by atoms with Crippen molar-refractivity contribution in [3.05, 3.63) is 12.2 Å². The van der Waals surface area contributed by atoms with Crippen molar-refractivity contribution >= 4 is 17.9 Å². The van der Waals surface area contributed by atoms with Crippen molar-refractivity contribution in [1.82, 2.24) is 0 Å². The van der Waals surface area contributed by atoms with Gasteiger partial charge in [0.05, 0.1) is 0 Å². The van der Waals surface area contributed by atoms with E-state index in [-0.39, 0.29) is 31.1 Å². The third-order valence-electron chi connectivity index (χ3n) is 17.5. The molecule has 0 aromatic heterocycles. The number of ether oxygens (including phenoxy) is 3. The van der Waals surface area contributed by atoms with Gasteiger partial charge in [-0.2, -0.15) is 0 Å². The highest BCUT2D eigenvalue weighted by atomic mass is 16.6. The molecule has 0 fully saturated rings. The minimum absolute atomic E-state index is 0.0620. The van der Waals surface area contributed by atoms with Crippen LogP contribution in [0.25, 0.3) is 0 Å². The molecule has 0 aromatic rings. The van der Waals surface area contributed by atoms with Crippen LogP contribution in [0.1, 0.15) is 438 Å². The Bertz CT molecular complexity index is 1280. The molecule has 0 N–H and O–H groups in total. The Balaban J connectivity index is 4.17. The molecule has 0 aliphatic heterocycles. The summed E-state index contributed by atoms with van der Waals surface area (Å²) in [4.78, 5) is 38.5. The summed E-state index contributed by atoms with van der Waals surface area (Å²) in [6.07, 6.45) is 86.9. The van der Waals surface area contributed by atoms with E-state index in [4.69, 9.17) is 14.2 Å². The van der Waals surface area contributed by atoms with Gasteiger partial charge in [-0.15, -0.1) is 0 Å². The monoisotopic (exact) mass is 1160 g/mol. The minimum atomic E-state index is -0.766. The van der Waals surface area contributed by atoms with Crippen molar-refractivity contribution in [1.29, 1.82) is 0 Å². The van der Waals surface area contributed by atoms with Crippen molar-refractivity contribution in [2.45, 2.75) is 444 Å². The molecule has 0 radical (unpaired) electrons. The molecule has 6 heteroatoms. The zero-order valence-corrected chi connectivity index (χ0v) is 56.1. The van der Waals surface area contributed by atoms with E-state index in [9.17, 15) is 14.4 Å². The van der Waals surface area contributed by atoms with E-state index >= 15 is 0 Å². The summed E-state index contributed by atoms with van der Waals surface area (Å²) in [5, 5.41) is 0. The van der Waals surface area contributed by atoms with E-state index in [1.165, 1.54) is 340 Å². The lowest BCUT2D eigenvalue weighted by atomic mass is 10.0. The normalized spacial score (nSPS) is 12.0. The molecular formula is C76H146O6. The van der Waals surface area contributed by atoms with Crippen LogP contribution in [0.5, 0.6) is 0 Å². The average molecular weight is 1160 g/mol. The Labute approximate surface area is 513 Å². The van der Waals surface area contributed by atoms with Crippen molar-refractivity contribution in [3.8, 4) is 0 Å². The van der Waals surface area contributed by atoms with E-state index in [1.807, 2.05) is 0 Å². The van der Waals surface area contributed by atoms with Crippen LogP contribution < -0.4 is 0 Å². The quantitative estimate of drug-likeness (QED) is 0.0261. The number of allylic oxidation sites excluding steroid dienone is 2. The molecule has 486 valence electrons. The van der Waals surface area contributed by atoms with Gasteiger partial charge in [0.1, 0.15) is 13.2 Å². The van der Waals surface area contributed by atoms with Crippen molar-refractivity contribution in [2.24, 2.45) is 0 Å². The molecule has 6 nitrogen and oxygen atoms in total. The standard InChI is InChI=1S/C76H146O6/c1-4-7-10-13-16-19-22-25-27-29-31-33-35-37-38-39-41-42-44-46-48-51-54-57-60-63-66-69-75(78)81-72-73(71-80-74(77)68-65-62-59-56-53-50-24-21-18-15-12-9-6-3)82-76(79)70-67-64-61-58-55-52-49-47-45-43-40-36-34-32-30-28-26-23-20-17-14-11-8-5-2/h29,31,73H,4-28,30,32-72H2,1-3H3/b31-29-. The molecule has 0 spiro atoms. The van der Waals surface area contributed by atoms with Gasteiger partial charge in [-0.3, -0.25) is 14.4 Å². The van der Waals surface area contributed by atoms with E-state index in [0.29, 0.717) is 19.3 Å². The number of carbonyl (C=O) groups excluding carboxylic acids is 3. The third kappa shape index (κ3) is 68.9. The zero-order chi connectivity index (χ0) is 59.2. The Kier molecular flexibility index (Phi) is 70.0. The molecular weight excluding hydrogens is 1010 g/mol. The van der Waals surface area contributed by atoms with Gasteiger partial charge in [0, 0.05) is 19.3 Å². The molecule has 82 heavy (non-hydrogen) atoms. The van der Waals surface area contributed by atoms with Gasteiger partial charge in [0.25, 0.3) is 0 Å². The maximum Gasteiger partial charge on any atom is 0.306 e. The highest BCUT2D eigenvalue weighted by Crippen LogP contribution is 2.20. The maximum absolute atomic E-state index is 13.0. The summed E-state index contributed by atoms with van der Waals surface area (Å²) in [6.45, 7) is 6.74. The Morgan fingerprint density at radius 3 is 0.610 bits per heavy atom. The topological polar surface area (TPSA) is 78.9 Å². The van der Waals surface area contributed by atoms with Crippen LogP contribution in [0.3, 0.4) is 0 Å². The van der Waals surface area contributed by atoms with Crippen molar-refractivity contribution in [2.75, 3.05) is 13.2 Å². The lowest BCUT2D eigenvalue weighted by Crippen LogP contribution is -2.30. The van der Waals surface area contributed by atoms with Crippen LogP contribution in [-0.4, -0.2) is 37.2 Å². The highest BCUT2D eigenvalue weighted by Gasteiger charge is 2.20. The first-order valence-electron chi connectivity index (χ1n) is 37.7. The van der Waals surface area contributed by atoms with Gasteiger partial charge in [0.2, 0.25) is 0 Å². The highest BCUT2D eigenvalue weighted by molar-refractivity contribution is 5.71. The number of esters is 3. The molecule has 0 bridgehead atoms. The zero-order valence-electron chi connectivity index (χ0n) is 56.1. The van der Waals surface area contributed by atoms with Gasteiger partial charge >= 0.3 is 17.9 Å². The fourth-order valence-electron chi connectivity index (χ4n) is 11.9. The average Bonchev–Trinajstić information content (AvgIpc) is 3.47.